The van der Waals surface area contributed by atoms with Crippen LogP contribution in [0.3, 0.4) is 0 Å². The van der Waals surface area contributed by atoms with Crippen molar-refractivity contribution in [3.8, 4) is 5.75 Å². The van der Waals surface area contributed by atoms with E-state index in [1.807, 2.05) is 25.9 Å². The Labute approximate surface area is 195 Å². The molecule has 0 spiro atoms. The zero-order valence-electron chi connectivity index (χ0n) is 20.0. The first-order valence-corrected chi connectivity index (χ1v) is 11.3. The van der Waals surface area contributed by atoms with Crippen molar-refractivity contribution in [2.24, 2.45) is 5.92 Å². The third-order valence-electron chi connectivity index (χ3n) is 5.59. The molecule has 0 saturated carbocycles. The number of Topliss-reactive ketones (excluding diaryl/α,β-unsaturated/α-hetero) is 1. The van der Waals surface area contributed by atoms with Gasteiger partial charge in [-0.05, 0) is 81.4 Å². The topological polar surface area (TPSA) is 83.0 Å². The fraction of sp³-hybridized carbons (Fsp3) is 0.423. The fourth-order valence-electron chi connectivity index (χ4n) is 3.93. The number of likely N-dealkylation sites (tertiary alicyclic amines) is 1. The first kappa shape index (κ1) is 24.5. The largest absolute Gasteiger partial charge is 0.507 e. The normalized spacial score (nSPS) is 17.9. The summed E-state index contributed by atoms with van der Waals surface area (Å²) in [5.41, 5.74) is 2.17. The highest BCUT2D eigenvalue weighted by Gasteiger charge is 2.45. The Hall–Kier alpha value is -3.19. The van der Waals surface area contributed by atoms with Crippen molar-refractivity contribution in [1.82, 2.24) is 14.8 Å². The first-order valence-electron chi connectivity index (χ1n) is 11.3. The van der Waals surface area contributed by atoms with Crippen molar-refractivity contribution >= 4 is 17.4 Å². The van der Waals surface area contributed by atoms with Crippen molar-refractivity contribution in [2.45, 2.75) is 33.2 Å². The molecule has 0 bridgehead atoms. The molecule has 1 aliphatic rings. The maximum Gasteiger partial charge on any atom is 0.295 e. The highest BCUT2D eigenvalue weighted by Crippen LogP contribution is 2.39. The molecule has 0 unspecified atom stereocenters. The van der Waals surface area contributed by atoms with Gasteiger partial charge in [0.15, 0.2) is 0 Å². The number of aryl methyl sites for hydroxylation is 1. The minimum atomic E-state index is -0.669. The molecule has 1 amide bonds. The standard InChI is InChI=1S/C26H33N3O4/c1-17(2)16-33-21-8-7-20(15-18(21)3)24(30)22-23(19-9-11-27-12-10-19)29(26(32)25(22)31)14-6-13-28(4)5/h7-12,15,17,23,30H,6,13-14,16H2,1-5H3/b24-22+/t23-/m0/s1. The van der Waals surface area contributed by atoms with Crippen LogP contribution >= 0.6 is 0 Å². The van der Waals surface area contributed by atoms with Gasteiger partial charge < -0.3 is 19.6 Å². The van der Waals surface area contributed by atoms with Crippen LogP contribution in [-0.4, -0.2) is 65.4 Å². The summed E-state index contributed by atoms with van der Waals surface area (Å²) in [7, 11) is 3.93. The predicted molar refractivity (Wildman–Crippen MR) is 128 cm³/mol. The van der Waals surface area contributed by atoms with Crippen LogP contribution in [0.1, 0.15) is 43.0 Å². The number of benzene rings is 1. The zero-order chi connectivity index (χ0) is 24.1. The Morgan fingerprint density at radius 2 is 1.88 bits per heavy atom. The van der Waals surface area contributed by atoms with E-state index in [9.17, 15) is 14.7 Å². The highest BCUT2D eigenvalue weighted by molar-refractivity contribution is 6.46. The fourth-order valence-corrected chi connectivity index (χ4v) is 3.93. The molecule has 1 fully saturated rings. The van der Waals surface area contributed by atoms with Gasteiger partial charge in [0.1, 0.15) is 11.5 Å². The molecule has 1 atom stereocenters. The molecule has 176 valence electrons. The maximum atomic E-state index is 13.1. The molecule has 1 aromatic carbocycles. The second-order valence-corrected chi connectivity index (χ2v) is 9.11. The van der Waals surface area contributed by atoms with Gasteiger partial charge in [0, 0.05) is 24.5 Å². The van der Waals surface area contributed by atoms with E-state index in [-0.39, 0.29) is 11.3 Å². The minimum Gasteiger partial charge on any atom is -0.507 e. The number of carbonyl (C=O) groups is 2. The third-order valence-corrected chi connectivity index (χ3v) is 5.59. The van der Waals surface area contributed by atoms with Crippen LogP contribution in [0.5, 0.6) is 5.75 Å². The molecule has 2 heterocycles. The average molecular weight is 452 g/mol. The van der Waals surface area contributed by atoms with Crippen LogP contribution in [0, 0.1) is 12.8 Å². The molecule has 1 N–H and O–H groups in total. The van der Waals surface area contributed by atoms with Crippen LogP contribution in [0.25, 0.3) is 5.76 Å². The second kappa shape index (κ2) is 10.6. The van der Waals surface area contributed by atoms with E-state index in [1.165, 1.54) is 0 Å². The van der Waals surface area contributed by atoms with Crippen molar-refractivity contribution in [3.63, 3.8) is 0 Å². The number of aromatic nitrogens is 1. The molecular weight excluding hydrogens is 418 g/mol. The van der Waals surface area contributed by atoms with E-state index >= 15 is 0 Å². The molecule has 3 rings (SSSR count). The summed E-state index contributed by atoms with van der Waals surface area (Å²) in [5.74, 6) is -0.317. The summed E-state index contributed by atoms with van der Waals surface area (Å²) >= 11 is 0. The second-order valence-electron chi connectivity index (χ2n) is 9.11. The van der Waals surface area contributed by atoms with Gasteiger partial charge >= 0.3 is 0 Å². The first-order chi connectivity index (χ1) is 15.7. The van der Waals surface area contributed by atoms with Gasteiger partial charge in [-0.2, -0.15) is 0 Å². The Balaban J connectivity index is 2.01. The number of pyridine rings is 1. The minimum absolute atomic E-state index is 0.103. The quantitative estimate of drug-likeness (QED) is 0.355. The number of ketones is 1. The lowest BCUT2D eigenvalue weighted by Crippen LogP contribution is -2.32. The smallest absolute Gasteiger partial charge is 0.295 e. The van der Waals surface area contributed by atoms with E-state index in [0.29, 0.717) is 31.1 Å². The third kappa shape index (κ3) is 5.60. The van der Waals surface area contributed by atoms with Gasteiger partial charge in [0.05, 0.1) is 18.2 Å². The predicted octanol–water partition coefficient (Wildman–Crippen LogP) is 3.80. The van der Waals surface area contributed by atoms with Gasteiger partial charge in [0.2, 0.25) is 0 Å². The highest BCUT2D eigenvalue weighted by atomic mass is 16.5. The maximum absolute atomic E-state index is 13.1. The van der Waals surface area contributed by atoms with Crippen LogP contribution in [0.2, 0.25) is 0 Å². The van der Waals surface area contributed by atoms with Crippen LogP contribution in [0.15, 0.2) is 48.3 Å². The molecular formula is C26H33N3O4. The summed E-state index contributed by atoms with van der Waals surface area (Å²) in [6, 6.07) is 8.19. The van der Waals surface area contributed by atoms with E-state index in [0.717, 1.165) is 23.4 Å². The number of ether oxygens (including phenoxy) is 1. The van der Waals surface area contributed by atoms with Gasteiger partial charge in [0.25, 0.3) is 11.7 Å². The van der Waals surface area contributed by atoms with E-state index in [1.54, 1.807) is 47.6 Å². The van der Waals surface area contributed by atoms with Crippen LogP contribution in [0.4, 0.5) is 0 Å². The van der Waals surface area contributed by atoms with E-state index < -0.39 is 17.7 Å². The number of nitrogens with zero attached hydrogens (tertiary/aromatic N) is 3. The summed E-state index contributed by atoms with van der Waals surface area (Å²) in [6.07, 6.45) is 3.96. The summed E-state index contributed by atoms with van der Waals surface area (Å²) in [6.45, 7) is 7.83. The summed E-state index contributed by atoms with van der Waals surface area (Å²) in [5, 5.41) is 11.2. The Morgan fingerprint density at radius 1 is 1.18 bits per heavy atom. The Bertz CT molecular complexity index is 1030. The summed E-state index contributed by atoms with van der Waals surface area (Å²) in [4.78, 5) is 33.7. The lowest BCUT2D eigenvalue weighted by atomic mass is 9.95. The monoisotopic (exact) mass is 451 g/mol. The molecule has 1 aromatic heterocycles. The molecule has 2 aromatic rings. The van der Waals surface area contributed by atoms with Gasteiger partial charge in [-0.3, -0.25) is 14.6 Å². The molecule has 1 aliphatic heterocycles. The number of aliphatic hydroxyl groups is 1. The number of aliphatic hydroxyl groups excluding tert-OH is 1. The van der Waals surface area contributed by atoms with Gasteiger partial charge in [-0.25, -0.2) is 0 Å². The van der Waals surface area contributed by atoms with Crippen LogP contribution < -0.4 is 4.74 Å². The van der Waals surface area contributed by atoms with Gasteiger partial charge in [-0.15, -0.1) is 0 Å². The number of carbonyl (C=O) groups excluding carboxylic acids is 2. The molecule has 7 nitrogen and oxygen atoms in total. The van der Waals surface area contributed by atoms with Crippen molar-refractivity contribution in [1.29, 1.82) is 0 Å². The van der Waals surface area contributed by atoms with Gasteiger partial charge in [-0.1, -0.05) is 13.8 Å². The molecule has 0 aliphatic carbocycles. The SMILES string of the molecule is Cc1cc(/C(O)=C2\C(=O)C(=O)N(CCCN(C)C)[C@H]2c2ccncc2)ccc1OCC(C)C. The Kier molecular flexibility index (Phi) is 7.87. The number of hydrogen-bond acceptors (Lipinski definition) is 6. The van der Waals surface area contributed by atoms with E-state index in [2.05, 4.69) is 18.8 Å². The lowest BCUT2D eigenvalue weighted by Gasteiger charge is -2.25. The number of rotatable bonds is 9. The Morgan fingerprint density at radius 3 is 2.48 bits per heavy atom. The molecule has 0 radical (unpaired) electrons. The lowest BCUT2D eigenvalue weighted by molar-refractivity contribution is -0.139. The summed E-state index contributed by atoms with van der Waals surface area (Å²) < 4.78 is 5.83. The van der Waals surface area contributed by atoms with Crippen molar-refractivity contribution < 1.29 is 19.4 Å². The zero-order valence-corrected chi connectivity index (χ0v) is 20.0. The molecule has 7 heteroatoms. The molecule has 1 saturated heterocycles. The van der Waals surface area contributed by atoms with Crippen molar-refractivity contribution in [3.05, 3.63) is 65.0 Å². The molecule has 33 heavy (non-hydrogen) atoms. The van der Waals surface area contributed by atoms with Crippen molar-refractivity contribution in [2.75, 3.05) is 33.8 Å². The average Bonchev–Trinajstić information content (AvgIpc) is 3.03. The number of hydrogen-bond donors (Lipinski definition) is 1. The van der Waals surface area contributed by atoms with E-state index in [4.69, 9.17) is 4.74 Å². The number of amides is 1. The van der Waals surface area contributed by atoms with Crippen LogP contribution in [-0.2, 0) is 9.59 Å².